The Morgan fingerprint density at radius 2 is 2.15 bits per heavy atom. The molecule has 1 aliphatic carbocycles. The van der Waals surface area contributed by atoms with E-state index in [2.05, 4.69) is 35.7 Å². The van der Waals surface area contributed by atoms with Crippen LogP contribution >= 0.6 is 11.6 Å². The van der Waals surface area contributed by atoms with Gasteiger partial charge in [0.25, 0.3) is 0 Å². The molecule has 1 heterocycles. The Balaban J connectivity index is 1.95. The second kappa shape index (κ2) is 8.04. The van der Waals surface area contributed by atoms with Crippen LogP contribution in [0.25, 0.3) is 0 Å². The first kappa shape index (κ1) is 15.8. The van der Waals surface area contributed by atoms with Gasteiger partial charge in [0.05, 0.1) is 11.7 Å². The Labute approximate surface area is 128 Å². The van der Waals surface area contributed by atoms with Crippen molar-refractivity contribution in [3.63, 3.8) is 0 Å². The molecular formula is C16H28ClN3. The molecule has 2 rings (SSSR count). The van der Waals surface area contributed by atoms with E-state index in [1.165, 1.54) is 25.0 Å². The molecule has 1 saturated carbocycles. The highest BCUT2D eigenvalue weighted by Crippen LogP contribution is 2.26. The van der Waals surface area contributed by atoms with Gasteiger partial charge in [0, 0.05) is 24.7 Å². The number of aromatic nitrogens is 2. The van der Waals surface area contributed by atoms with Crippen LogP contribution in [0.1, 0.15) is 64.1 Å². The third-order valence-corrected chi connectivity index (χ3v) is 4.78. The van der Waals surface area contributed by atoms with Crippen LogP contribution in [0.4, 0.5) is 0 Å². The Hall–Kier alpha value is -0.540. The van der Waals surface area contributed by atoms with Gasteiger partial charge in [-0.3, -0.25) is 9.58 Å². The minimum absolute atomic E-state index is 0.545. The van der Waals surface area contributed by atoms with Crippen molar-refractivity contribution in [3.05, 3.63) is 18.0 Å². The highest BCUT2D eigenvalue weighted by molar-refractivity contribution is 6.17. The summed E-state index contributed by atoms with van der Waals surface area (Å²) < 4.78 is 2.15. The van der Waals surface area contributed by atoms with Gasteiger partial charge in [-0.1, -0.05) is 20.3 Å². The van der Waals surface area contributed by atoms with E-state index in [1.807, 2.05) is 0 Å². The van der Waals surface area contributed by atoms with Crippen LogP contribution in [0.3, 0.4) is 0 Å². The highest BCUT2D eigenvalue weighted by Gasteiger charge is 2.25. The van der Waals surface area contributed by atoms with E-state index < -0.39 is 0 Å². The molecule has 0 N–H and O–H groups in total. The SMILES string of the molecule is CCC(CC)n1ccc(CN(CCCCl)C2CCC2)n1. The maximum Gasteiger partial charge on any atom is 0.0765 e. The monoisotopic (exact) mass is 297 g/mol. The zero-order chi connectivity index (χ0) is 14.4. The van der Waals surface area contributed by atoms with Gasteiger partial charge in [0.15, 0.2) is 0 Å². The summed E-state index contributed by atoms with van der Waals surface area (Å²) in [6.45, 7) is 6.55. The predicted molar refractivity (Wildman–Crippen MR) is 85.2 cm³/mol. The van der Waals surface area contributed by atoms with Crippen LogP contribution in [0, 0.1) is 0 Å². The van der Waals surface area contributed by atoms with Gasteiger partial charge in [0.1, 0.15) is 0 Å². The normalized spacial score (nSPS) is 16.1. The van der Waals surface area contributed by atoms with Crippen molar-refractivity contribution in [3.8, 4) is 0 Å². The van der Waals surface area contributed by atoms with E-state index in [-0.39, 0.29) is 0 Å². The first-order valence-electron chi connectivity index (χ1n) is 8.12. The molecule has 0 aliphatic heterocycles. The molecule has 1 aliphatic rings. The smallest absolute Gasteiger partial charge is 0.0765 e. The summed E-state index contributed by atoms with van der Waals surface area (Å²) in [5, 5.41) is 4.78. The van der Waals surface area contributed by atoms with Crippen LogP contribution in [0.5, 0.6) is 0 Å². The van der Waals surface area contributed by atoms with Gasteiger partial charge >= 0.3 is 0 Å². The lowest BCUT2D eigenvalue weighted by atomic mass is 9.91. The number of hydrogen-bond acceptors (Lipinski definition) is 2. The predicted octanol–water partition coefficient (Wildman–Crippen LogP) is 4.23. The number of hydrogen-bond donors (Lipinski definition) is 0. The van der Waals surface area contributed by atoms with E-state index in [0.29, 0.717) is 6.04 Å². The summed E-state index contributed by atoms with van der Waals surface area (Å²) in [5.74, 6) is 0.755. The topological polar surface area (TPSA) is 21.1 Å². The van der Waals surface area contributed by atoms with E-state index in [1.54, 1.807) is 0 Å². The summed E-state index contributed by atoms with van der Waals surface area (Å²) in [4.78, 5) is 2.57. The van der Waals surface area contributed by atoms with E-state index >= 15 is 0 Å². The molecule has 0 radical (unpaired) electrons. The molecule has 0 saturated heterocycles. The number of rotatable bonds is 9. The van der Waals surface area contributed by atoms with E-state index in [9.17, 15) is 0 Å². The Morgan fingerprint density at radius 1 is 1.40 bits per heavy atom. The first-order chi connectivity index (χ1) is 9.78. The standard InChI is InChI=1S/C16H28ClN3/c1-3-15(4-2)20-12-9-14(18-20)13-19(11-6-10-17)16-7-5-8-16/h9,12,15-16H,3-8,10-11,13H2,1-2H3. The summed E-state index contributed by atoms with van der Waals surface area (Å²) in [7, 11) is 0. The van der Waals surface area contributed by atoms with Crippen LogP contribution in [-0.4, -0.2) is 33.1 Å². The van der Waals surface area contributed by atoms with Crippen molar-refractivity contribution < 1.29 is 0 Å². The number of halogens is 1. The largest absolute Gasteiger partial charge is 0.294 e. The van der Waals surface area contributed by atoms with Crippen molar-refractivity contribution in [1.82, 2.24) is 14.7 Å². The van der Waals surface area contributed by atoms with Crippen LogP contribution in [0.15, 0.2) is 12.3 Å². The molecule has 1 aromatic heterocycles. The molecule has 0 spiro atoms. The molecule has 1 aromatic rings. The lowest BCUT2D eigenvalue weighted by molar-refractivity contribution is 0.118. The summed E-state index contributed by atoms with van der Waals surface area (Å²) in [6, 6.07) is 3.49. The van der Waals surface area contributed by atoms with Crippen molar-refractivity contribution in [2.75, 3.05) is 12.4 Å². The average molecular weight is 298 g/mol. The molecule has 20 heavy (non-hydrogen) atoms. The van der Waals surface area contributed by atoms with Gasteiger partial charge in [-0.2, -0.15) is 5.10 Å². The fourth-order valence-corrected chi connectivity index (χ4v) is 3.06. The summed E-state index contributed by atoms with van der Waals surface area (Å²) >= 11 is 5.85. The lowest BCUT2D eigenvalue weighted by Crippen LogP contribution is -2.40. The Kier molecular flexibility index (Phi) is 6.37. The number of alkyl halides is 1. The van der Waals surface area contributed by atoms with Crippen LogP contribution in [0.2, 0.25) is 0 Å². The fraction of sp³-hybridized carbons (Fsp3) is 0.812. The quantitative estimate of drug-likeness (QED) is 0.636. The molecule has 114 valence electrons. The minimum Gasteiger partial charge on any atom is -0.294 e. The van der Waals surface area contributed by atoms with Crippen LogP contribution < -0.4 is 0 Å². The average Bonchev–Trinajstić information content (AvgIpc) is 2.84. The number of nitrogens with zero attached hydrogens (tertiary/aromatic N) is 3. The van der Waals surface area contributed by atoms with Crippen molar-refractivity contribution in [2.45, 2.75) is 71.0 Å². The second-order valence-corrected chi connectivity index (χ2v) is 6.23. The fourth-order valence-electron chi connectivity index (χ4n) is 2.94. The molecule has 0 unspecified atom stereocenters. The molecule has 0 aromatic carbocycles. The third-order valence-electron chi connectivity index (χ3n) is 4.52. The molecule has 0 amide bonds. The van der Waals surface area contributed by atoms with Gasteiger partial charge in [-0.05, 0) is 44.7 Å². The zero-order valence-electron chi connectivity index (χ0n) is 12.9. The maximum atomic E-state index is 5.85. The van der Waals surface area contributed by atoms with E-state index in [0.717, 1.165) is 44.3 Å². The van der Waals surface area contributed by atoms with E-state index in [4.69, 9.17) is 16.7 Å². The Morgan fingerprint density at radius 3 is 2.70 bits per heavy atom. The van der Waals surface area contributed by atoms with Gasteiger partial charge in [-0.25, -0.2) is 0 Å². The van der Waals surface area contributed by atoms with Crippen molar-refractivity contribution in [1.29, 1.82) is 0 Å². The van der Waals surface area contributed by atoms with Crippen molar-refractivity contribution in [2.24, 2.45) is 0 Å². The molecule has 4 heteroatoms. The van der Waals surface area contributed by atoms with Crippen molar-refractivity contribution >= 4 is 11.6 Å². The van der Waals surface area contributed by atoms with Gasteiger partial charge < -0.3 is 0 Å². The zero-order valence-corrected chi connectivity index (χ0v) is 13.6. The van der Waals surface area contributed by atoms with Gasteiger partial charge in [0.2, 0.25) is 0 Å². The molecule has 0 bridgehead atoms. The molecule has 0 atom stereocenters. The Bertz CT molecular complexity index is 383. The minimum atomic E-state index is 0.545. The first-order valence-corrected chi connectivity index (χ1v) is 8.66. The third kappa shape index (κ3) is 3.98. The van der Waals surface area contributed by atoms with Crippen LogP contribution in [-0.2, 0) is 6.54 Å². The molecule has 3 nitrogen and oxygen atoms in total. The lowest BCUT2D eigenvalue weighted by Gasteiger charge is -2.37. The highest BCUT2D eigenvalue weighted by atomic mass is 35.5. The van der Waals surface area contributed by atoms with Gasteiger partial charge in [-0.15, -0.1) is 11.6 Å². The molecule has 1 fully saturated rings. The maximum absolute atomic E-state index is 5.85. The summed E-state index contributed by atoms with van der Waals surface area (Å²) in [6.07, 6.45) is 9.58. The molecular weight excluding hydrogens is 270 g/mol. The second-order valence-electron chi connectivity index (χ2n) is 5.86. The summed E-state index contributed by atoms with van der Waals surface area (Å²) in [5.41, 5.74) is 1.21.